The molecule has 0 atom stereocenters. The number of benzene rings is 1. The number of amides is 1. The first kappa shape index (κ1) is 14.1. The van der Waals surface area contributed by atoms with Crippen LogP contribution in [0.25, 0.3) is 0 Å². The number of carbonyl (C=O) groups excluding carboxylic acids is 1. The summed E-state index contributed by atoms with van der Waals surface area (Å²) in [6.45, 7) is -0.151. The average Bonchev–Trinajstić information content (AvgIpc) is 2.45. The van der Waals surface area contributed by atoms with Crippen molar-refractivity contribution >= 4 is 23.5 Å². The lowest BCUT2D eigenvalue weighted by molar-refractivity contribution is -0.118. The summed E-state index contributed by atoms with van der Waals surface area (Å²) in [5, 5.41) is 2.65. The summed E-state index contributed by atoms with van der Waals surface area (Å²) < 4.78 is 10.2. The van der Waals surface area contributed by atoms with Crippen LogP contribution < -0.4 is 14.8 Å². The second-order valence-corrected chi connectivity index (χ2v) is 4.09. The molecule has 1 heterocycles. The van der Waals surface area contributed by atoms with Gasteiger partial charge in [0, 0.05) is 6.07 Å². The summed E-state index contributed by atoms with van der Waals surface area (Å²) in [5.74, 6) is 0.547. The van der Waals surface area contributed by atoms with E-state index in [4.69, 9.17) is 21.1 Å². The van der Waals surface area contributed by atoms with E-state index in [-0.39, 0.29) is 23.6 Å². The molecule has 1 amide bonds. The number of para-hydroxylation sites is 1. The van der Waals surface area contributed by atoms with E-state index in [1.807, 2.05) is 18.2 Å². The highest BCUT2D eigenvalue weighted by Gasteiger charge is 2.08. The van der Waals surface area contributed by atoms with Crippen molar-refractivity contribution in [3.05, 3.63) is 41.6 Å². The molecule has 0 spiro atoms. The van der Waals surface area contributed by atoms with Crippen LogP contribution in [0.1, 0.15) is 0 Å². The molecule has 0 saturated heterocycles. The molecule has 0 radical (unpaired) electrons. The Balaban J connectivity index is 1.93. The monoisotopic (exact) mass is 293 g/mol. The number of nitrogens with zero attached hydrogens (tertiary/aromatic N) is 2. The molecule has 1 N–H and O–H groups in total. The summed E-state index contributed by atoms with van der Waals surface area (Å²) in [7, 11) is 1.45. The van der Waals surface area contributed by atoms with Crippen molar-refractivity contribution in [1.29, 1.82) is 0 Å². The minimum Gasteiger partial charge on any atom is -0.484 e. The largest absolute Gasteiger partial charge is 0.484 e. The molecule has 0 bridgehead atoms. The summed E-state index contributed by atoms with van der Waals surface area (Å²) in [6, 6.07) is 10.4. The lowest BCUT2D eigenvalue weighted by Crippen LogP contribution is -2.21. The van der Waals surface area contributed by atoms with Gasteiger partial charge in [0.1, 0.15) is 10.9 Å². The van der Waals surface area contributed by atoms with E-state index in [0.717, 1.165) is 0 Å². The molecule has 7 heteroatoms. The van der Waals surface area contributed by atoms with Gasteiger partial charge in [-0.15, -0.1) is 0 Å². The lowest BCUT2D eigenvalue weighted by atomic mass is 10.3. The van der Waals surface area contributed by atoms with Gasteiger partial charge < -0.3 is 9.47 Å². The molecule has 1 aromatic carbocycles. The number of aromatic nitrogens is 2. The molecule has 6 nitrogen and oxygen atoms in total. The third-order valence-electron chi connectivity index (χ3n) is 2.24. The quantitative estimate of drug-likeness (QED) is 0.855. The number of hydrogen-bond donors (Lipinski definition) is 1. The van der Waals surface area contributed by atoms with Gasteiger partial charge in [-0.05, 0) is 12.1 Å². The van der Waals surface area contributed by atoms with Crippen LogP contribution in [0.5, 0.6) is 11.6 Å². The van der Waals surface area contributed by atoms with E-state index in [0.29, 0.717) is 5.75 Å². The van der Waals surface area contributed by atoms with E-state index < -0.39 is 5.91 Å². The van der Waals surface area contributed by atoms with Gasteiger partial charge in [0.2, 0.25) is 11.8 Å². The van der Waals surface area contributed by atoms with E-state index in [1.54, 1.807) is 12.1 Å². The summed E-state index contributed by atoms with van der Waals surface area (Å²) in [5.41, 5.74) is 0. The van der Waals surface area contributed by atoms with Crippen LogP contribution in [-0.4, -0.2) is 29.6 Å². The van der Waals surface area contributed by atoms with Crippen LogP contribution in [0, 0.1) is 0 Å². The van der Waals surface area contributed by atoms with Crippen molar-refractivity contribution in [2.75, 3.05) is 19.0 Å². The molecule has 0 aliphatic heterocycles. The predicted molar refractivity (Wildman–Crippen MR) is 74.2 cm³/mol. The van der Waals surface area contributed by atoms with Crippen LogP contribution in [0.2, 0.25) is 5.15 Å². The van der Waals surface area contributed by atoms with Crippen LogP contribution in [0.4, 0.5) is 5.95 Å². The Hall–Kier alpha value is -2.34. The number of anilines is 1. The second-order valence-electron chi connectivity index (χ2n) is 3.71. The number of rotatable bonds is 5. The van der Waals surface area contributed by atoms with Crippen LogP contribution in [0.15, 0.2) is 36.4 Å². The van der Waals surface area contributed by atoms with E-state index >= 15 is 0 Å². The first-order valence-electron chi connectivity index (χ1n) is 5.73. The molecule has 0 unspecified atom stereocenters. The van der Waals surface area contributed by atoms with Crippen molar-refractivity contribution in [3.63, 3.8) is 0 Å². The second kappa shape index (κ2) is 6.72. The first-order valence-corrected chi connectivity index (χ1v) is 6.11. The fraction of sp³-hybridized carbons (Fsp3) is 0.154. The standard InChI is InChI=1S/C13H12ClN3O3/c1-19-12-7-10(14)15-13(17-12)16-11(18)8-20-9-5-3-2-4-6-9/h2-7H,8H2,1H3,(H,15,16,17,18). The zero-order valence-electron chi connectivity index (χ0n) is 10.7. The SMILES string of the molecule is COc1cc(Cl)nc(NC(=O)COc2ccccc2)n1. The summed E-state index contributed by atoms with van der Waals surface area (Å²) >= 11 is 5.77. The maximum Gasteiger partial charge on any atom is 0.264 e. The Morgan fingerprint density at radius 2 is 2.05 bits per heavy atom. The fourth-order valence-electron chi connectivity index (χ4n) is 1.38. The highest BCUT2D eigenvalue weighted by molar-refractivity contribution is 6.29. The zero-order chi connectivity index (χ0) is 14.4. The number of methoxy groups -OCH3 is 1. The molecule has 0 aliphatic rings. The molecular formula is C13H12ClN3O3. The number of ether oxygens (including phenoxy) is 2. The molecule has 104 valence electrons. The molecule has 0 fully saturated rings. The minimum absolute atomic E-state index is 0.0658. The van der Waals surface area contributed by atoms with Gasteiger partial charge in [0.25, 0.3) is 5.91 Å². The highest BCUT2D eigenvalue weighted by atomic mass is 35.5. The molecule has 0 aliphatic carbocycles. The van der Waals surface area contributed by atoms with E-state index in [1.165, 1.54) is 13.2 Å². The zero-order valence-corrected chi connectivity index (χ0v) is 11.4. The van der Waals surface area contributed by atoms with Gasteiger partial charge in [0.05, 0.1) is 7.11 Å². The normalized spacial score (nSPS) is 9.90. The van der Waals surface area contributed by atoms with Gasteiger partial charge in [-0.2, -0.15) is 4.98 Å². The number of carbonyl (C=O) groups is 1. The van der Waals surface area contributed by atoms with Crippen molar-refractivity contribution < 1.29 is 14.3 Å². The van der Waals surface area contributed by atoms with Crippen LogP contribution >= 0.6 is 11.6 Å². The summed E-state index contributed by atoms with van der Waals surface area (Å²) in [6.07, 6.45) is 0. The lowest BCUT2D eigenvalue weighted by Gasteiger charge is -2.07. The van der Waals surface area contributed by atoms with Gasteiger partial charge in [-0.1, -0.05) is 29.8 Å². The number of halogens is 1. The Labute approximate surface area is 120 Å². The predicted octanol–water partition coefficient (Wildman–Crippen LogP) is 2.16. The number of hydrogen-bond acceptors (Lipinski definition) is 5. The maximum absolute atomic E-state index is 11.7. The molecule has 1 aromatic heterocycles. The Bertz CT molecular complexity index is 593. The molecule has 20 heavy (non-hydrogen) atoms. The fourth-order valence-corrected chi connectivity index (χ4v) is 1.56. The van der Waals surface area contributed by atoms with Crippen molar-refractivity contribution in [2.24, 2.45) is 0 Å². The Kier molecular flexibility index (Phi) is 4.73. The van der Waals surface area contributed by atoms with Crippen molar-refractivity contribution in [3.8, 4) is 11.6 Å². The number of nitrogens with one attached hydrogen (secondary N) is 1. The first-order chi connectivity index (χ1) is 9.67. The summed E-state index contributed by atoms with van der Waals surface area (Å²) in [4.78, 5) is 19.5. The minimum atomic E-state index is -0.391. The molecule has 2 rings (SSSR count). The molecular weight excluding hydrogens is 282 g/mol. The smallest absolute Gasteiger partial charge is 0.264 e. The highest BCUT2D eigenvalue weighted by Crippen LogP contribution is 2.15. The third-order valence-corrected chi connectivity index (χ3v) is 2.44. The maximum atomic E-state index is 11.7. The van der Waals surface area contributed by atoms with Gasteiger partial charge in [0.15, 0.2) is 6.61 Å². The topological polar surface area (TPSA) is 73.3 Å². The van der Waals surface area contributed by atoms with Crippen molar-refractivity contribution in [1.82, 2.24) is 9.97 Å². The Morgan fingerprint density at radius 1 is 1.30 bits per heavy atom. The van der Waals surface area contributed by atoms with Crippen molar-refractivity contribution in [2.45, 2.75) is 0 Å². The Morgan fingerprint density at radius 3 is 2.75 bits per heavy atom. The molecule has 2 aromatic rings. The van der Waals surface area contributed by atoms with Crippen LogP contribution in [0.3, 0.4) is 0 Å². The molecule has 0 saturated carbocycles. The van der Waals surface area contributed by atoms with E-state index in [9.17, 15) is 4.79 Å². The third kappa shape index (κ3) is 4.10. The van der Waals surface area contributed by atoms with Gasteiger partial charge in [-0.25, -0.2) is 4.98 Å². The van der Waals surface area contributed by atoms with Crippen LogP contribution in [-0.2, 0) is 4.79 Å². The van der Waals surface area contributed by atoms with E-state index in [2.05, 4.69) is 15.3 Å². The van der Waals surface area contributed by atoms with Gasteiger partial charge >= 0.3 is 0 Å². The average molecular weight is 294 g/mol. The van der Waals surface area contributed by atoms with Gasteiger partial charge in [-0.3, -0.25) is 10.1 Å².